The molecule has 7 heteroatoms. The highest BCUT2D eigenvalue weighted by atomic mass is 32.1. The van der Waals surface area contributed by atoms with Gasteiger partial charge in [-0.2, -0.15) is 0 Å². The third-order valence-electron chi connectivity index (χ3n) is 4.15. The van der Waals surface area contributed by atoms with Gasteiger partial charge in [0.25, 0.3) is 11.8 Å². The summed E-state index contributed by atoms with van der Waals surface area (Å²) in [6.07, 6.45) is 1.49. The number of hydrogen-bond donors (Lipinski definition) is 0. The van der Waals surface area contributed by atoms with Crippen LogP contribution >= 0.6 is 12.2 Å². The summed E-state index contributed by atoms with van der Waals surface area (Å²) in [5, 5.41) is 0.151. The number of nitrogens with zero attached hydrogens (tertiary/aromatic N) is 2. The topological polar surface area (TPSA) is 49.9 Å². The molecule has 5 nitrogen and oxygen atoms in total. The van der Waals surface area contributed by atoms with Crippen LogP contribution in [0.1, 0.15) is 11.1 Å². The van der Waals surface area contributed by atoms with E-state index in [1.807, 2.05) is 0 Å². The van der Waals surface area contributed by atoms with Crippen LogP contribution in [-0.2, 0) is 16.2 Å². The molecule has 0 bridgehead atoms. The summed E-state index contributed by atoms with van der Waals surface area (Å²) < 4.78 is 19.1. The van der Waals surface area contributed by atoms with E-state index >= 15 is 0 Å². The second-order valence-electron chi connectivity index (χ2n) is 6.03. The van der Waals surface area contributed by atoms with Crippen LogP contribution in [0, 0.1) is 5.82 Å². The molecule has 2 aromatic carbocycles. The standard InChI is InChI=1S/C20H17FN2O3S/c1-22-18(24)16(19(25)23(2)20(22)27)11-14-7-3-4-9-17(14)26-12-13-6-5-8-15(21)10-13/h3-11H,12H2,1-2H3. The van der Waals surface area contributed by atoms with Crippen LogP contribution in [0.4, 0.5) is 4.39 Å². The number of benzene rings is 2. The third kappa shape index (κ3) is 3.88. The number of carbonyl (C=O) groups excluding carboxylic acids is 2. The average Bonchev–Trinajstić information content (AvgIpc) is 2.67. The zero-order chi connectivity index (χ0) is 19.6. The Labute approximate surface area is 161 Å². The lowest BCUT2D eigenvalue weighted by molar-refractivity contribution is -0.132. The largest absolute Gasteiger partial charge is 0.488 e. The summed E-state index contributed by atoms with van der Waals surface area (Å²) in [6.45, 7) is 0.156. The smallest absolute Gasteiger partial charge is 0.265 e. The zero-order valence-electron chi connectivity index (χ0n) is 14.8. The van der Waals surface area contributed by atoms with Gasteiger partial charge in [-0.3, -0.25) is 19.4 Å². The van der Waals surface area contributed by atoms with Crippen molar-refractivity contribution in [3.63, 3.8) is 0 Å². The lowest BCUT2D eigenvalue weighted by Gasteiger charge is -2.31. The summed E-state index contributed by atoms with van der Waals surface area (Å²) in [5.74, 6) is -0.800. The summed E-state index contributed by atoms with van der Waals surface area (Å²) in [5.41, 5.74) is 1.24. The van der Waals surface area contributed by atoms with Crippen LogP contribution in [0.2, 0.25) is 0 Å². The van der Waals surface area contributed by atoms with Crippen LogP contribution in [0.3, 0.4) is 0 Å². The third-order valence-corrected chi connectivity index (χ3v) is 4.69. The second-order valence-corrected chi connectivity index (χ2v) is 6.39. The number of halogens is 1. The Hall–Kier alpha value is -3.06. The average molecular weight is 384 g/mol. The van der Waals surface area contributed by atoms with Crippen molar-refractivity contribution in [3.8, 4) is 5.75 Å². The van der Waals surface area contributed by atoms with Crippen molar-refractivity contribution in [3.05, 3.63) is 71.0 Å². The minimum atomic E-state index is -0.469. The number of likely N-dealkylation sites (N-methyl/N-ethyl adjacent to an activating group) is 2. The monoisotopic (exact) mass is 384 g/mol. The van der Waals surface area contributed by atoms with Crippen molar-refractivity contribution in [2.24, 2.45) is 0 Å². The van der Waals surface area contributed by atoms with Gasteiger partial charge in [-0.15, -0.1) is 0 Å². The van der Waals surface area contributed by atoms with E-state index in [9.17, 15) is 14.0 Å². The molecule has 0 atom stereocenters. The van der Waals surface area contributed by atoms with Crippen molar-refractivity contribution < 1.29 is 18.7 Å². The molecule has 0 radical (unpaired) electrons. The fourth-order valence-corrected chi connectivity index (χ4v) is 2.82. The van der Waals surface area contributed by atoms with Gasteiger partial charge < -0.3 is 4.74 Å². The van der Waals surface area contributed by atoms with E-state index in [4.69, 9.17) is 17.0 Å². The molecule has 0 unspecified atom stereocenters. The van der Waals surface area contributed by atoms with E-state index in [2.05, 4.69) is 0 Å². The molecular weight excluding hydrogens is 367 g/mol. The first-order valence-corrected chi connectivity index (χ1v) is 8.57. The van der Waals surface area contributed by atoms with Gasteiger partial charge in [0.15, 0.2) is 5.11 Å². The van der Waals surface area contributed by atoms with E-state index in [-0.39, 0.29) is 23.1 Å². The van der Waals surface area contributed by atoms with Crippen LogP contribution in [0.15, 0.2) is 54.1 Å². The SMILES string of the molecule is CN1C(=O)C(=Cc2ccccc2OCc2cccc(F)c2)C(=O)N(C)C1=S. The molecule has 0 N–H and O–H groups in total. The van der Waals surface area contributed by atoms with Gasteiger partial charge in [0.05, 0.1) is 0 Å². The molecule has 1 fully saturated rings. The minimum Gasteiger partial charge on any atom is -0.488 e. The first-order valence-electron chi connectivity index (χ1n) is 8.16. The van der Waals surface area contributed by atoms with Gasteiger partial charge in [0.2, 0.25) is 0 Å². The van der Waals surface area contributed by atoms with E-state index in [1.165, 1.54) is 42.1 Å². The van der Waals surface area contributed by atoms with Gasteiger partial charge in [0, 0.05) is 19.7 Å². The second kappa shape index (κ2) is 7.67. The summed E-state index contributed by atoms with van der Waals surface area (Å²) in [7, 11) is 3.04. The molecule has 138 valence electrons. The van der Waals surface area contributed by atoms with E-state index in [0.29, 0.717) is 16.9 Å². The normalized spacial score (nSPS) is 14.6. The first-order chi connectivity index (χ1) is 12.9. The fraction of sp³-hybridized carbons (Fsp3) is 0.150. The molecule has 1 heterocycles. The molecule has 1 aliphatic heterocycles. The molecule has 2 amide bonds. The Balaban J connectivity index is 1.89. The molecule has 0 aromatic heterocycles. The molecule has 0 spiro atoms. The van der Waals surface area contributed by atoms with E-state index in [1.54, 1.807) is 36.4 Å². The summed E-state index contributed by atoms with van der Waals surface area (Å²) in [4.78, 5) is 27.4. The number of amides is 2. The maximum absolute atomic E-state index is 13.3. The van der Waals surface area contributed by atoms with Crippen molar-refractivity contribution >= 4 is 35.2 Å². The Morgan fingerprint density at radius 3 is 2.37 bits per heavy atom. The molecule has 0 saturated carbocycles. The lowest BCUT2D eigenvalue weighted by atomic mass is 10.1. The predicted molar refractivity (Wildman–Crippen MR) is 103 cm³/mol. The van der Waals surface area contributed by atoms with Gasteiger partial charge in [-0.1, -0.05) is 30.3 Å². The molecular formula is C20H17FN2O3S. The molecule has 2 aromatic rings. The van der Waals surface area contributed by atoms with E-state index < -0.39 is 11.8 Å². The minimum absolute atomic E-state index is 0.00425. The van der Waals surface area contributed by atoms with Gasteiger partial charge in [-0.25, -0.2) is 4.39 Å². The Morgan fingerprint density at radius 1 is 1.04 bits per heavy atom. The highest BCUT2D eigenvalue weighted by molar-refractivity contribution is 7.80. The fourth-order valence-electron chi connectivity index (χ4n) is 2.65. The van der Waals surface area contributed by atoms with Crippen molar-refractivity contribution in [2.75, 3.05) is 14.1 Å². The first kappa shape index (κ1) is 18.7. The maximum Gasteiger partial charge on any atom is 0.265 e. The van der Waals surface area contributed by atoms with Crippen molar-refractivity contribution in [1.29, 1.82) is 0 Å². The van der Waals surface area contributed by atoms with Crippen LogP contribution in [0.25, 0.3) is 6.08 Å². The quantitative estimate of drug-likeness (QED) is 0.462. The van der Waals surface area contributed by atoms with Crippen molar-refractivity contribution in [2.45, 2.75) is 6.61 Å². The number of para-hydroxylation sites is 1. The van der Waals surface area contributed by atoms with Gasteiger partial charge in [-0.05, 0) is 42.1 Å². The van der Waals surface area contributed by atoms with Crippen LogP contribution in [-0.4, -0.2) is 40.8 Å². The number of rotatable bonds is 4. The van der Waals surface area contributed by atoms with Crippen molar-refractivity contribution in [1.82, 2.24) is 9.80 Å². The number of carbonyl (C=O) groups is 2. The highest BCUT2D eigenvalue weighted by Crippen LogP contribution is 2.25. The van der Waals surface area contributed by atoms with Crippen LogP contribution < -0.4 is 4.74 Å². The number of hydrogen-bond acceptors (Lipinski definition) is 4. The Bertz CT molecular complexity index is 932. The van der Waals surface area contributed by atoms with E-state index in [0.717, 1.165) is 0 Å². The molecule has 27 heavy (non-hydrogen) atoms. The van der Waals surface area contributed by atoms with Gasteiger partial charge >= 0.3 is 0 Å². The zero-order valence-corrected chi connectivity index (χ0v) is 15.6. The Morgan fingerprint density at radius 2 is 1.70 bits per heavy atom. The summed E-state index contributed by atoms with van der Waals surface area (Å²) >= 11 is 5.08. The molecule has 3 rings (SSSR count). The predicted octanol–water partition coefficient (Wildman–Crippen LogP) is 3.00. The Kier molecular flexibility index (Phi) is 5.32. The van der Waals surface area contributed by atoms with Crippen LogP contribution in [0.5, 0.6) is 5.75 Å². The lowest BCUT2D eigenvalue weighted by Crippen LogP contribution is -2.52. The maximum atomic E-state index is 13.3. The summed E-state index contributed by atoms with van der Waals surface area (Å²) in [6, 6.07) is 13.1. The number of thiocarbonyl (C=S) groups is 1. The molecule has 0 aliphatic carbocycles. The highest BCUT2D eigenvalue weighted by Gasteiger charge is 2.35. The molecule has 1 aliphatic rings. The molecule has 1 saturated heterocycles. The number of ether oxygens (including phenoxy) is 1. The van der Waals surface area contributed by atoms with Gasteiger partial charge in [0.1, 0.15) is 23.7 Å².